The van der Waals surface area contributed by atoms with Gasteiger partial charge in [-0.3, -0.25) is 0 Å². The fourth-order valence-corrected chi connectivity index (χ4v) is 0.406. The van der Waals surface area contributed by atoms with Gasteiger partial charge in [0.05, 0.1) is 0 Å². The summed E-state index contributed by atoms with van der Waals surface area (Å²) in [6, 6.07) is 0. The molecule has 0 saturated heterocycles. The van der Waals surface area contributed by atoms with Crippen LogP contribution in [0.1, 0.15) is 0 Å². The number of hydrogen-bond acceptors (Lipinski definition) is 4. The van der Waals surface area contributed by atoms with E-state index in [2.05, 4.69) is 5.32 Å². The van der Waals surface area contributed by atoms with Crippen LogP contribution in [0.2, 0.25) is 0 Å². The van der Waals surface area contributed by atoms with Gasteiger partial charge in [0.2, 0.25) is 0 Å². The van der Waals surface area contributed by atoms with Crippen LogP contribution >= 0.6 is 8.25 Å². The third-order valence-corrected chi connectivity index (χ3v) is 0.718. The van der Waals surface area contributed by atoms with E-state index in [4.69, 9.17) is 14.4 Å². The van der Waals surface area contributed by atoms with Crippen molar-refractivity contribution >= 4 is 8.25 Å². The Morgan fingerprint density at radius 3 is 1.54 bits per heavy atom. The molecule has 13 heavy (non-hydrogen) atoms. The zero-order valence-electron chi connectivity index (χ0n) is 7.64. The fraction of sp³-hybridized carbons (Fsp3) is 0. The molecule has 0 unspecified atom stereocenters. The van der Waals surface area contributed by atoms with Crippen LogP contribution in [0.4, 0.5) is 0 Å². The summed E-state index contributed by atoms with van der Waals surface area (Å²) in [5.74, 6) is 0. The van der Waals surface area contributed by atoms with Crippen LogP contribution in [0, 0.1) is 0 Å². The van der Waals surface area contributed by atoms with Gasteiger partial charge in [0.15, 0.2) is 0 Å². The van der Waals surface area contributed by atoms with Crippen LogP contribution in [0.15, 0.2) is 36.7 Å². The van der Waals surface area contributed by atoms with E-state index in [1.807, 2.05) is 36.7 Å². The van der Waals surface area contributed by atoms with E-state index >= 15 is 0 Å². The first-order valence-corrected chi connectivity index (χ1v) is 3.89. The summed E-state index contributed by atoms with van der Waals surface area (Å²) in [6.45, 7) is 0. The Morgan fingerprint density at radius 2 is 1.23 bits per heavy atom. The van der Waals surface area contributed by atoms with E-state index < -0.39 is 8.25 Å². The molecule has 1 aliphatic rings. The Balaban J connectivity index is -0.000000150. The van der Waals surface area contributed by atoms with Gasteiger partial charge >= 0.3 is 59.1 Å². The van der Waals surface area contributed by atoms with Gasteiger partial charge in [0, 0.05) is 12.4 Å². The first-order valence-electron chi connectivity index (χ1n) is 2.79. The second kappa shape index (κ2) is 15.5. The van der Waals surface area contributed by atoms with Gasteiger partial charge in [-0.05, 0) is 12.2 Å². The largest absolute Gasteiger partial charge is 1.00 e. The van der Waals surface area contributed by atoms with Crippen molar-refractivity contribution in [3.8, 4) is 0 Å². The maximum atomic E-state index is 8.48. The Hall–Kier alpha value is 1.04. The summed E-state index contributed by atoms with van der Waals surface area (Å²) < 4.78 is 8.48. The van der Waals surface area contributed by atoms with E-state index in [1.165, 1.54) is 0 Å². The average molecular weight is 218 g/mol. The molecule has 0 aromatic carbocycles. The maximum Gasteiger partial charge on any atom is 1.00 e. The molecular weight excluding hydrogens is 211 g/mol. The number of allylic oxidation sites excluding steroid dienone is 4. The SMILES string of the molecule is C1=CC=CNC=C1.O=[P+]([O-])[O-].[Na+].[Na+]. The van der Waals surface area contributed by atoms with Crippen molar-refractivity contribution in [3.05, 3.63) is 36.7 Å². The summed E-state index contributed by atoms with van der Waals surface area (Å²) in [5.41, 5.74) is 0. The number of nitrogens with one attached hydrogen (secondary N) is 1. The van der Waals surface area contributed by atoms with Gasteiger partial charge in [0.25, 0.3) is 8.25 Å². The van der Waals surface area contributed by atoms with Crippen molar-refractivity contribution in [3.63, 3.8) is 0 Å². The summed E-state index contributed by atoms with van der Waals surface area (Å²) in [5, 5.41) is 2.92. The van der Waals surface area contributed by atoms with Crippen LogP contribution in [0.5, 0.6) is 0 Å². The Morgan fingerprint density at radius 1 is 0.923 bits per heavy atom. The van der Waals surface area contributed by atoms with Gasteiger partial charge in [-0.1, -0.05) is 16.7 Å². The van der Waals surface area contributed by atoms with Crippen LogP contribution in [0.3, 0.4) is 0 Å². The molecule has 1 aliphatic heterocycles. The summed E-state index contributed by atoms with van der Waals surface area (Å²) in [6.07, 6.45) is 11.6. The molecule has 0 radical (unpaired) electrons. The third kappa shape index (κ3) is 24.6. The minimum absolute atomic E-state index is 0. The molecule has 4 nitrogen and oxygen atoms in total. The van der Waals surface area contributed by atoms with Crippen molar-refractivity contribution in [1.82, 2.24) is 5.32 Å². The molecule has 1 N–H and O–H groups in total. The van der Waals surface area contributed by atoms with Gasteiger partial charge in [-0.25, -0.2) is 0 Å². The van der Waals surface area contributed by atoms with Crippen molar-refractivity contribution in [2.45, 2.75) is 0 Å². The zero-order chi connectivity index (χ0) is 8.53. The second-order valence-corrected chi connectivity index (χ2v) is 1.94. The van der Waals surface area contributed by atoms with Crippen molar-refractivity contribution in [1.29, 1.82) is 0 Å². The van der Waals surface area contributed by atoms with E-state index in [1.54, 1.807) is 0 Å². The van der Waals surface area contributed by atoms with Crippen LogP contribution < -0.4 is 74.2 Å². The predicted molar refractivity (Wildman–Crippen MR) is 38.2 cm³/mol. The fourth-order valence-electron chi connectivity index (χ4n) is 0.406. The topological polar surface area (TPSA) is 75.2 Å². The standard InChI is InChI=1S/C6H7N.2Na.HO3P/c1-2-4-6-7-5-3-1;;;1-4(2)3/h1-7H;;;(H,1,2,3)/q;2*+1;/p-1. The molecule has 0 saturated carbocycles. The summed E-state index contributed by atoms with van der Waals surface area (Å²) >= 11 is 0. The first-order chi connectivity index (χ1) is 5.23. The third-order valence-electron chi connectivity index (χ3n) is 0.718. The second-order valence-electron chi connectivity index (χ2n) is 1.49. The van der Waals surface area contributed by atoms with Crippen LogP contribution in [0.25, 0.3) is 0 Å². The molecular formula is C6H7NNa2O3P+. The summed E-state index contributed by atoms with van der Waals surface area (Å²) in [7, 11) is -3.37. The predicted octanol–water partition coefficient (Wildman–Crippen LogP) is -6.45. The molecule has 60 valence electrons. The van der Waals surface area contributed by atoms with Crippen molar-refractivity contribution in [2.24, 2.45) is 0 Å². The van der Waals surface area contributed by atoms with Crippen molar-refractivity contribution < 1.29 is 73.5 Å². The maximum absolute atomic E-state index is 8.48. The van der Waals surface area contributed by atoms with Gasteiger partial charge in [-0.2, -0.15) is 0 Å². The van der Waals surface area contributed by atoms with E-state index in [9.17, 15) is 0 Å². The zero-order valence-corrected chi connectivity index (χ0v) is 12.5. The molecule has 0 atom stereocenters. The average Bonchev–Trinajstić information content (AvgIpc) is 2.13. The quantitative estimate of drug-likeness (QED) is 0.324. The molecule has 0 bridgehead atoms. The van der Waals surface area contributed by atoms with Crippen molar-refractivity contribution in [2.75, 3.05) is 0 Å². The smallest absolute Gasteiger partial charge is 0.598 e. The molecule has 0 aromatic heterocycles. The molecule has 0 spiro atoms. The summed E-state index contributed by atoms with van der Waals surface area (Å²) in [4.78, 5) is 17.0. The van der Waals surface area contributed by atoms with E-state index in [0.29, 0.717) is 0 Å². The number of hydrogen-bond donors (Lipinski definition) is 1. The van der Waals surface area contributed by atoms with Gasteiger partial charge in [0.1, 0.15) is 0 Å². The molecule has 0 aromatic rings. The molecule has 0 aliphatic carbocycles. The van der Waals surface area contributed by atoms with Gasteiger partial charge < -0.3 is 15.1 Å². The first kappa shape index (κ1) is 19.6. The van der Waals surface area contributed by atoms with Crippen LogP contribution in [-0.4, -0.2) is 0 Å². The Labute approximate surface area is 122 Å². The molecule has 1 heterocycles. The minimum Gasteiger partial charge on any atom is -0.598 e. The van der Waals surface area contributed by atoms with Crippen LogP contribution in [-0.2, 0) is 4.57 Å². The minimum atomic E-state index is -3.37. The Bertz CT molecular complexity index is 188. The van der Waals surface area contributed by atoms with E-state index in [-0.39, 0.29) is 59.1 Å². The molecule has 1 rings (SSSR count). The number of rotatable bonds is 0. The van der Waals surface area contributed by atoms with Gasteiger partial charge in [-0.15, -0.1) is 0 Å². The molecule has 0 fully saturated rings. The van der Waals surface area contributed by atoms with E-state index in [0.717, 1.165) is 0 Å². The molecule has 7 heteroatoms. The monoisotopic (exact) mass is 218 g/mol. The Kier molecular flexibility index (Phi) is 23.4. The molecule has 0 amide bonds. The normalized spacial score (nSPS) is 10.6.